The van der Waals surface area contributed by atoms with Gasteiger partial charge in [-0.25, -0.2) is 4.98 Å². The van der Waals surface area contributed by atoms with Gasteiger partial charge in [-0.2, -0.15) is 0 Å². The summed E-state index contributed by atoms with van der Waals surface area (Å²) in [4.78, 5) is 5.97. The Hall–Kier alpha value is -0.520. The molecule has 1 fully saturated rings. The summed E-state index contributed by atoms with van der Waals surface area (Å²) in [5.41, 5.74) is 1.35. The molecule has 2 heterocycles. The van der Waals surface area contributed by atoms with E-state index in [0.717, 1.165) is 23.3 Å². The third-order valence-electron chi connectivity index (χ3n) is 3.75. The minimum absolute atomic E-state index is 0.687. The summed E-state index contributed by atoms with van der Waals surface area (Å²) in [6.45, 7) is 6.48. The van der Waals surface area contributed by atoms with Crippen LogP contribution < -0.4 is 5.32 Å². The van der Waals surface area contributed by atoms with E-state index in [-0.39, 0.29) is 0 Å². The van der Waals surface area contributed by atoms with E-state index in [4.69, 9.17) is 4.98 Å². The molecule has 0 aliphatic heterocycles. The van der Waals surface area contributed by atoms with E-state index in [1.807, 2.05) is 11.8 Å². The van der Waals surface area contributed by atoms with E-state index in [1.54, 1.807) is 11.3 Å². The zero-order chi connectivity index (χ0) is 13.9. The van der Waals surface area contributed by atoms with Crippen molar-refractivity contribution in [3.8, 4) is 0 Å². The Labute approximate surface area is 129 Å². The van der Waals surface area contributed by atoms with Gasteiger partial charge in [0.1, 0.15) is 5.03 Å². The van der Waals surface area contributed by atoms with Crippen molar-refractivity contribution >= 4 is 28.1 Å². The highest BCUT2D eigenvalue weighted by Crippen LogP contribution is 2.36. The zero-order valence-corrected chi connectivity index (χ0v) is 13.9. The van der Waals surface area contributed by atoms with Gasteiger partial charge in [-0.3, -0.25) is 4.40 Å². The van der Waals surface area contributed by atoms with E-state index < -0.39 is 0 Å². The van der Waals surface area contributed by atoms with Crippen molar-refractivity contribution in [2.45, 2.75) is 56.4 Å². The summed E-state index contributed by atoms with van der Waals surface area (Å²) < 4.78 is 2.26. The molecule has 0 aromatic carbocycles. The van der Waals surface area contributed by atoms with Crippen LogP contribution in [0.15, 0.2) is 16.6 Å². The second-order valence-corrected chi connectivity index (χ2v) is 8.13. The first-order valence-electron chi connectivity index (χ1n) is 7.56. The molecule has 0 atom stereocenters. The quantitative estimate of drug-likeness (QED) is 0.868. The molecule has 1 aliphatic rings. The maximum Gasteiger partial charge on any atom is 0.194 e. The number of aromatic nitrogens is 2. The standard InChI is InChI=1S/C15H23N3S2/c1-11(2)9-16-10-13-14(20-12-5-3-4-6-12)17-15-18(13)7-8-19-15/h7-8,11-12,16H,3-6,9-10H2,1-2H3. The number of rotatable bonds is 6. The van der Waals surface area contributed by atoms with Crippen molar-refractivity contribution in [2.75, 3.05) is 6.54 Å². The minimum atomic E-state index is 0.687. The predicted molar refractivity (Wildman–Crippen MR) is 87.7 cm³/mol. The van der Waals surface area contributed by atoms with Crippen molar-refractivity contribution in [1.82, 2.24) is 14.7 Å². The van der Waals surface area contributed by atoms with Gasteiger partial charge in [-0.15, -0.1) is 23.1 Å². The largest absolute Gasteiger partial charge is 0.311 e. The third-order valence-corrected chi connectivity index (χ3v) is 5.86. The van der Waals surface area contributed by atoms with Crippen LogP contribution in [0, 0.1) is 5.92 Å². The van der Waals surface area contributed by atoms with E-state index in [9.17, 15) is 0 Å². The predicted octanol–water partition coefficient (Wildman–Crippen LogP) is 4.18. The first-order chi connectivity index (χ1) is 9.74. The highest BCUT2D eigenvalue weighted by molar-refractivity contribution is 7.99. The smallest absolute Gasteiger partial charge is 0.194 e. The summed E-state index contributed by atoms with van der Waals surface area (Å²) in [6, 6.07) is 0. The van der Waals surface area contributed by atoms with Crippen LogP contribution in [0.25, 0.3) is 4.96 Å². The monoisotopic (exact) mass is 309 g/mol. The highest BCUT2D eigenvalue weighted by atomic mass is 32.2. The van der Waals surface area contributed by atoms with Crippen LogP contribution in [0.2, 0.25) is 0 Å². The van der Waals surface area contributed by atoms with Gasteiger partial charge in [0.15, 0.2) is 4.96 Å². The molecule has 1 N–H and O–H groups in total. The molecule has 0 bridgehead atoms. The van der Waals surface area contributed by atoms with E-state index in [0.29, 0.717) is 5.92 Å². The Morgan fingerprint density at radius 1 is 1.45 bits per heavy atom. The molecule has 0 unspecified atom stereocenters. The van der Waals surface area contributed by atoms with E-state index >= 15 is 0 Å². The fourth-order valence-electron chi connectivity index (χ4n) is 2.71. The molecule has 0 amide bonds. The van der Waals surface area contributed by atoms with Gasteiger partial charge in [0.25, 0.3) is 0 Å². The lowest BCUT2D eigenvalue weighted by molar-refractivity contribution is 0.544. The van der Waals surface area contributed by atoms with Crippen molar-refractivity contribution in [3.63, 3.8) is 0 Å². The summed E-state index contributed by atoms with van der Waals surface area (Å²) in [5.74, 6) is 0.687. The maximum atomic E-state index is 4.84. The van der Waals surface area contributed by atoms with Crippen molar-refractivity contribution in [1.29, 1.82) is 0 Å². The molecular formula is C15H23N3S2. The lowest BCUT2D eigenvalue weighted by Gasteiger charge is -2.10. The van der Waals surface area contributed by atoms with Crippen molar-refractivity contribution in [2.24, 2.45) is 5.92 Å². The summed E-state index contributed by atoms with van der Waals surface area (Å²) >= 11 is 3.73. The number of nitrogens with one attached hydrogen (secondary N) is 1. The average molecular weight is 310 g/mol. The van der Waals surface area contributed by atoms with Crippen molar-refractivity contribution < 1.29 is 0 Å². The van der Waals surface area contributed by atoms with Crippen molar-refractivity contribution in [3.05, 3.63) is 17.3 Å². The Morgan fingerprint density at radius 3 is 3.00 bits per heavy atom. The van der Waals surface area contributed by atoms with Crippen LogP contribution in [0.3, 0.4) is 0 Å². The molecule has 0 spiro atoms. The first kappa shape index (κ1) is 14.4. The highest BCUT2D eigenvalue weighted by Gasteiger charge is 2.21. The molecule has 1 saturated carbocycles. The van der Waals surface area contributed by atoms with E-state index in [2.05, 4.69) is 35.1 Å². The van der Waals surface area contributed by atoms with Gasteiger partial charge in [-0.1, -0.05) is 26.7 Å². The fraction of sp³-hybridized carbons (Fsp3) is 0.667. The van der Waals surface area contributed by atoms with Gasteiger partial charge in [0, 0.05) is 23.4 Å². The van der Waals surface area contributed by atoms with Crippen LogP contribution in [-0.4, -0.2) is 21.2 Å². The molecule has 2 aromatic heterocycles. The van der Waals surface area contributed by atoms with Gasteiger partial charge in [0.05, 0.1) is 5.69 Å². The number of fused-ring (bicyclic) bond motifs is 1. The number of imidazole rings is 1. The minimum Gasteiger partial charge on any atom is -0.311 e. The lowest BCUT2D eigenvalue weighted by atomic mass is 10.2. The molecule has 0 saturated heterocycles. The molecule has 3 rings (SSSR count). The SMILES string of the molecule is CC(C)CNCc1c(SC2CCCC2)nc2sccn12. The Balaban J connectivity index is 1.76. The zero-order valence-electron chi connectivity index (χ0n) is 12.3. The number of hydrogen-bond donors (Lipinski definition) is 1. The number of thiazole rings is 1. The number of thioether (sulfide) groups is 1. The number of nitrogens with zero attached hydrogens (tertiary/aromatic N) is 2. The molecule has 5 heteroatoms. The van der Waals surface area contributed by atoms with Gasteiger partial charge in [0.2, 0.25) is 0 Å². The molecule has 1 aliphatic carbocycles. The lowest BCUT2D eigenvalue weighted by Crippen LogP contribution is -2.20. The van der Waals surface area contributed by atoms with Crippen LogP contribution in [0.1, 0.15) is 45.2 Å². The maximum absolute atomic E-state index is 4.84. The molecule has 3 nitrogen and oxygen atoms in total. The Morgan fingerprint density at radius 2 is 2.25 bits per heavy atom. The molecule has 2 aromatic rings. The Kier molecular flexibility index (Phi) is 4.68. The van der Waals surface area contributed by atoms with Crippen LogP contribution in [0.4, 0.5) is 0 Å². The summed E-state index contributed by atoms with van der Waals surface area (Å²) in [7, 11) is 0. The summed E-state index contributed by atoms with van der Waals surface area (Å²) in [5, 5.41) is 7.72. The number of hydrogen-bond acceptors (Lipinski definition) is 4. The summed E-state index contributed by atoms with van der Waals surface area (Å²) in [6.07, 6.45) is 7.64. The van der Waals surface area contributed by atoms with Crippen LogP contribution >= 0.6 is 23.1 Å². The normalized spacial score (nSPS) is 16.8. The van der Waals surface area contributed by atoms with Gasteiger partial charge < -0.3 is 5.32 Å². The molecule has 110 valence electrons. The van der Waals surface area contributed by atoms with Gasteiger partial charge >= 0.3 is 0 Å². The second-order valence-electron chi connectivity index (χ2n) is 5.97. The average Bonchev–Trinajstić information content (AvgIpc) is 3.09. The van der Waals surface area contributed by atoms with Crippen LogP contribution in [0.5, 0.6) is 0 Å². The third kappa shape index (κ3) is 3.21. The van der Waals surface area contributed by atoms with E-state index in [1.165, 1.54) is 36.4 Å². The molecule has 0 radical (unpaired) electrons. The second kappa shape index (κ2) is 6.50. The first-order valence-corrected chi connectivity index (χ1v) is 9.32. The van der Waals surface area contributed by atoms with Crippen LogP contribution in [-0.2, 0) is 6.54 Å². The molecule has 20 heavy (non-hydrogen) atoms. The topological polar surface area (TPSA) is 29.3 Å². The fourth-order valence-corrected chi connectivity index (χ4v) is 4.83. The van der Waals surface area contributed by atoms with Gasteiger partial charge in [-0.05, 0) is 25.3 Å². The molecular weight excluding hydrogens is 286 g/mol. The Bertz CT molecular complexity index is 552.